The van der Waals surface area contributed by atoms with Crippen molar-refractivity contribution in [1.29, 1.82) is 0 Å². The number of carbonyl (C=O) groups excluding carboxylic acids is 3. The van der Waals surface area contributed by atoms with E-state index < -0.39 is 6.04 Å². The van der Waals surface area contributed by atoms with Crippen molar-refractivity contribution in [2.24, 2.45) is 5.92 Å². The first-order valence-electron chi connectivity index (χ1n) is 10.2. The molecule has 0 aliphatic carbocycles. The second-order valence-corrected chi connectivity index (χ2v) is 8.10. The molecule has 0 radical (unpaired) electrons. The van der Waals surface area contributed by atoms with Crippen molar-refractivity contribution >= 4 is 17.7 Å². The van der Waals surface area contributed by atoms with Crippen molar-refractivity contribution in [2.45, 2.75) is 57.8 Å². The summed E-state index contributed by atoms with van der Waals surface area (Å²) in [5, 5.41) is 9.40. The summed E-state index contributed by atoms with van der Waals surface area (Å²) in [5.41, 5.74) is 2.79. The van der Waals surface area contributed by atoms with Gasteiger partial charge in [-0.1, -0.05) is 12.1 Å². The maximum Gasteiger partial charge on any atom is 0.255 e. The smallest absolute Gasteiger partial charge is 0.255 e. The summed E-state index contributed by atoms with van der Waals surface area (Å²) >= 11 is 0. The number of amides is 3. The van der Waals surface area contributed by atoms with Gasteiger partial charge in [0.1, 0.15) is 6.04 Å². The van der Waals surface area contributed by atoms with Gasteiger partial charge in [0.15, 0.2) is 0 Å². The number of fused-ring (bicyclic) bond motifs is 1. The van der Waals surface area contributed by atoms with E-state index in [1.165, 1.54) is 12.8 Å². The van der Waals surface area contributed by atoms with Crippen LogP contribution in [0.3, 0.4) is 0 Å². The average Bonchev–Trinajstić information content (AvgIpc) is 3.04. The Morgan fingerprint density at radius 2 is 1.96 bits per heavy atom. The molecular weight excluding hydrogens is 356 g/mol. The zero-order valence-corrected chi connectivity index (χ0v) is 16.3. The molecule has 1 aromatic carbocycles. The summed E-state index contributed by atoms with van der Waals surface area (Å²) in [6, 6.07) is 5.66. The minimum atomic E-state index is -0.563. The normalized spacial score (nSPS) is 24.2. The Morgan fingerprint density at radius 1 is 1.18 bits per heavy atom. The third-order valence-electron chi connectivity index (χ3n) is 6.38. The largest absolute Gasteiger partial charge is 0.322 e. The summed E-state index contributed by atoms with van der Waals surface area (Å²) in [6.07, 6.45) is 3.04. The fraction of sp³-hybridized carbons (Fsp3) is 0.571. The predicted octanol–water partition coefficient (Wildman–Crippen LogP) is 0.925. The molecule has 3 aliphatic rings. The van der Waals surface area contributed by atoms with Crippen LogP contribution in [0.25, 0.3) is 0 Å². The van der Waals surface area contributed by atoms with E-state index in [0.29, 0.717) is 37.0 Å². The number of rotatable bonds is 5. The predicted molar refractivity (Wildman–Crippen MR) is 104 cm³/mol. The van der Waals surface area contributed by atoms with Gasteiger partial charge in [-0.3, -0.25) is 19.7 Å². The van der Waals surface area contributed by atoms with Gasteiger partial charge in [-0.05, 0) is 62.4 Å². The molecule has 0 aromatic heterocycles. The van der Waals surface area contributed by atoms with Crippen LogP contribution in [-0.2, 0) is 22.7 Å². The molecule has 2 saturated heterocycles. The molecule has 0 bridgehead atoms. The fourth-order valence-corrected chi connectivity index (χ4v) is 4.60. The number of imide groups is 1. The Kier molecular flexibility index (Phi) is 5.46. The van der Waals surface area contributed by atoms with Crippen LogP contribution in [0, 0.1) is 5.92 Å². The van der Waals surface area contributed by atoms with Gasteiger partial charge in [-0.15, -0.1) is 0 Å². The second-order valence-electron chi connectivity index (χ2n) is 8.10. The average molecular weight is 384 g/mol. The van der Waals surface area contributed by atoms with E-state index in [2.05, 4.69) is 28.9 Å². The van der Waals surface area contributed by atoms with Crippen molar-refractivity contribution in [3.63, 3.8) is 0 Å². The number of benzene rings is 1. The Labute approximate surface area is 165 Å². The molecule has 2 fully saturated rings. The lowest BCUT2D eigenvalue weighted by Gasteiger charge is -2.30. The standard InChI is InChI=1S/C21H28N4O3/c1-13(14-7-9-22-10-8-14)23-11-15-3-2-4-16-17(15)12-25(21(16)28)18-5-6-19(26)24-20(18)27/h2-4,13-14,18,22-23H,5-12H2,1H3,(H,24,26,27)/t13-,18?/m1/s1. The maximum atomic E-state index is 12.9. The Morgan fingerprint density at radius 3 is 2.71 bits per heavy atom. The zero-order valence-electron chi connectivity index (χ0n) is 16.3. The quantitative estimate of drug-likeness (QED) is 0.657. The van der Waals surface area contributed by atoms with Crippen LogP contribution >= 0.6 is 0 Å². The molecule has 3 aliphatic heterocycles. The van der Waals surface area contributed by atoms with Crippen molar-refractivity contribution in [3.8, 4) is 0 Å². The lowest BCUT2D eigenvalue weighted by molar-refractivity contribution is -0.136. The summed E-state index contributed by atoms with van der Waals surface area (Å²) in [5.74, 6) is -0.0730. The lowest BCUT2D eigenvalue weighted by Crippen LogP contribution is -2.52. The zero-order chi connectivity index (χ0) is 19.7. The first-order chi connectivity index (χ1) is 13.5. The van der Waals surface area contributed by atoms with Crippen LogP contribution in [-0.4, -0.2) is 47.8 Å². The fourth-order valence-electron chi connectivity index (χ4n) is 4.60. The van der Waals surface area contributed by atoms with Gasteiger partial charge in [0, 0.05) is 31.1 Å². The molecule has 0 spiro atoms. The highest BCUT2D eigenvalue weighted by Crippen LogP contribution is 2.30. The van der Waals surface area contributed by atoms with E-state index in [-0.39, 0.29) is 24.1 Å². The molecule has 1 unspecified atom stereocenters. The molecular formula is C21H28N4O3. The molecule has 4 rings (SSSR count). The molecule has 150 valence electrons. The maximum absolute atomic E-state index is 12.9. The van der Waals surface area contributed by atoms with Crippen molar-refractivity contribution in [1.82, 2.24) is 20.9 Å². The van der Waals surface area contributed by atoms with Gasteiger partial charge >= 0.3 is 0 Å². The second kappa shape index (κ2) is 8.01. The molecule has 3 N–H and O–H groups in total. The van der Waals surface area contributed by atoms with Crippen molar-refractivity contribution < 1.29 is 14.4 Å². The number of nitrogens with one attached hydrogen (secondary N) is 3. The molecule has 3 amide bonds. The Bertz CT molecular complexity index is 788. The van der Waals surface area contributed by atoms with Gasteiger partial charge in [0.25, 0.3) is 5.91 Å². The van der Waals surface area contributed by atoms with Crippen LogP contribution in [0.15, 0.2) is 18.2 Å². The van der Waals surface area contributed by atoms with Crippen LogP contribution in [0.1, 0.15) is 54.1 Å². The molecule has 1 aromatic rings. The minimum absolute atomic E-state index is 0.113. The van der Waals surface area contributed by atoms with E-state index in [1.807, 2.05) is 12.1 Å². The topological polar surface area (TPSA) is 90.5 Å². The van der Waals surface area contributed by atoms with Crippen LogP contribution < -0.4 is 16.0 Å². The van der Waals surface area contributed by atoms with Crippen molar-refractivity contribution in [3.05, 3.63) is 34.9 Å². The Hall–Kier alpha value is -2.25. The van der Waals surface area contributed by atoms with Gasteiger partial charge in [-0.25, -0.2) is 0 Å². The number of hydrogen-bond donors (Lipinski definition) is 3. The van der Waals surface area contributed by atoms with Crippen LogP contribution in [0.2, 0.25) is 0 Å². The molecule has 0 saturated carbocycles. The first kappa shape index (κ1) is 19.1. The number of piperidine rings is 2. The van der Waals surface area contributed by atoms with E-state index in [1.54, 1.807) is 4.90 Å². The number of hydrogen-bond acceptors (Lipinski definition) is 5. The third kappa shape index (κ3) is 3.69. The van der Waals surface area contributed by atoms with Crippen LogP contribution in [0.5, 0.6) is 0 Å². The highest BCUT2D eigenvalue weighted by atomic mass is 16.2. The first-order valence-corrected chi connectivity index (χ1v) is 10.2. The Balaban J connectivity index is 1.45. The summed E-state index contributed by atoms with van der Waals surface area (Å²) < 4.78 is 0. The highest BCUT2D eigenvalue weighted by Gasteiger charge is 2.39. The van der Waals surface area contributed by atoms with Crippen molar-refractivity contribution in [2.75, 3.05) is 13.1 Å². The van der Waals surface area contributed by atoms with E-state index in [0.717, 1.165) is 24.2 Å². The van der Waals surface area contributed by atoms with Gasteiger partial charge < -0.3 is 15.5 Å². The van der Waals surface area contributed by atoms with Gasteiger partial charge in [0.2, 0.25) is 11.8 Å². The molecule has 3 heterocycles. The monoisotopic (exact) mass is 384 g/mol. The molecule has 7 heteroatoms. The lowest BCUT2D eigenvalue weighted by atomic mass is 9.91. The molecule has 2 atom stereocenters. The van der Waals surface area contributed by atoms with Crippen LogP contribution in [0.4, 0.5) is 0 Å². The third-order valence-corrected chi connectivity index (χ3v) is 6.38. The summed E-state index contributed by atoms with van der Waals surface area (Å²) in [7, 11) is 0. The van der Waals surface area contributed by atoms with Gasteiger partial charge in [0.05, 0.1) is 0 Å². The van der Waals surface area contributed by atoms with E-state index in [9.17, 15) is 14.4 Å². The number of nitrogens with zero attached hydrogens (tertiary/aromatic N) is 1. The summed E-state index contributed by atoms with van der Waals surface area (Å²) in [6.45, 7) is 5.53. The van der Waals surface area contributed by atoms with Gasteiger partial charge in [-0.2, -0.15) is 0 Å². The molecule has 28 heavy (non-hydrogen) atoms. The SMILES string of the molecule is C[C@@H](NCc1cccc2c1CN(C1CCC(=O)NC1=O)C2=O)C1CCNCC1. The summed E-state index contributed by atoms with van der Waals surface area (Å²) in [4.78, 5) is 38.2. The molecule has 7 nitrogen and oxygen atoms in total. The van der Waals surface area contributed by atoms with E-state index in [4.69, 9.17) is 0 Å². The number of carbonyl (C=O) groups is 3. The minimum Gasteiger partial charge on any atom is -0.322 e. The van der Waals surface area contributed by atoms with E-state index >= 15 is 0 Å². The highest BCUT2D eigenvalue weighted by molar-refractivity contribution is 6.05.